The van der Waals surface area contributed by atoms with E-state index in [0.717, 1.165) is 10.2 Å². The summed E-state index contributed by atoms with van der Waals surface area (Å²) in [5.41, 5.74) is 1.81. The second-order valence-corrected chi connectivity index (χ2v) is 5.28. The summed E-state index contributed by atoms with van der Waals surface area (Å²) in [5.74, 6) is 0.379. The molecular weight excluding hydrogens is 298 g/mol. The molecule has 1 N–H and O–H groups in total. The first-order valence-electron chi connectivity index (χ1n) is 7.23. The van der Waals surface area contributed by atoms with E-state index in [-0.39, 0.29) is 24.1 Å². The second-order valence-electron chi connectivity index (χ2n) is 5.28. The molecule has 1 amide bonds. The van der Waals surface area contributed by atoms with Gasteiger partial charge in [0.15, 0.2) is 0 Å². The molecule has 7 heteroatoms. The lowest BCUT2D eigenvalue weighted by Crippen LogP contribution is -2.30. The summed E-state index contributed by atoms with van der Waals surface area (Å²) in [7, 11) is 1.57. The highest BCUT2D eigenvalue weighted by Gasteiger charge is 2.23. The molecule has 0 aliphatic carbocycles. The average molecular weight is 315 g/mol. The molecule has 120 valence electrons. The van der Waals surface area contributed by atoms with E-state index in [1.807, 2.05) is 6.92 Å². The number of nitrogens with zero attached hydrogens (tertiary/aromatic N) is 2. The van der Waals surface area contributed by atoms with Gasteiger partial charge < -0.3 is 14.8 Å². The van der Waals surface area contributed by atoms with Crippen LogP contribution in [0.1, 0.15) is 24.3 Å². The topological polar surface area (TPSA) is 82.5 Å². The minimum Gasteiger partial charge on any atom is -0.497 e. The Labute approximate surface area is 132 Å². The first-order valence-corrected chi connectivity index (χ1v) is 7.23. The summed E-state index contributed by atoms with van der Waals surface area (Å²) < 4.78 is 11.6. The van der Waals surface area contributed by atoms with Crippen LogP contribution in [0, 0.1) is 0 Å². The van der Waals surface area contributed by atoms with Gasteiger partial charge in [-0.3, -0.25) is 9.59 Å². The lowest BCUT2D eigenvalue weighted by molar-refractivity contribution is -0.117. The number of benzene rings is 1. The first kappa shape index (κ1) is 15.2. The van der Waals surface area contributed by atoms with Gasteiger partial charge in [0.1, 0.15) is 12.3 Å². The van der Waals surface area contributed by atoms with Gasteiger partial charge in [0.2, 0.25) is 5.91 Å². The van der Waals surface area contributed by atoms with Crippen molar-refractivity contribution in [2.45, 2.75) is 26.2 Å². The van der Waals surface area contributed by atoms with Crippen molar-refractivity contribution in [3.8, 4) is 5.75 Å². The van der Waals surface area contributed by atoms with E-state index in [1.165, 1.54) is 6.07 Å². The van der Waals surface area contributed by atoms with Crippen LogP contribution >= 0.6 is 0 Å². The molecule has 1 aliphatic heterocycles. The van der Waals surface area contributed by atoms with Crippen LogP contribution in [0.15, 0.2) is 35.1 Å². The van der Waals surface area contributed by atoms with Crippen LogP contribution in [0.4, 0.5) is 5.69 Å². The molecule has 1 aromatic carbocycles. The molecular formula is C16H17N3O4. The molecule has 1 aliphatic rings. The number of amides is 1. The van der Waals surface area contributed by atoms with E-state index in [4.69, 9.17) is 9.47 Å². The predicted octanol–water partition coefficient (Wildman–Crippen LogP) is 1.48. The molecule has 3 rings (SSSR count). The van der Waals surface area contributed by atoms with Crippen molar-refractivity contribution in [3.63, 3.8) is 0 Å². The van der Waals surface area contributed by atoms with E-state index in [1.54, 1.807) is 31.4 Å². The molecule has 1 atom stereocenters. The number of hydrogen-bond acceptors (Lipinski definition) is 5. The maximum Gasteiger partial charge on any atom is 0.267 e. The van der Waals surface area contributed by atoms with Crippen LogP contribution < -0.4 is 15.6 Å². The normalized spacial score (nSPS) is 16.0. The number of rotatable bonds is 4. The van der Waals surface area contributed by atoms with Crippen molar-refractivity contribution < 1.29 is 14.3 Å². The number of fused-ring (bicyclic) bond motifs is 1. The summed E-state index contributed by atoms with van der Waals surface area (Å²) in [6, 6.07) is 8.42. The van der Waals surface area contributed by atoms with E-state index in [2.05, 4.69) is 10.4 Å². The summed E-state index contributed by atoms with van der Waals surface area (Å²) in [6.45, 7) is 2.10. The van der Waals surface area contributed by atoms with Gasteiger partial charge in [-0.15, -0.1) is 0 Å². The van der Waals surface area contributed by atoms with Crippen molar-refractivity contribution in [2.24, 2.45) is 0 Å². The molecule has 2 heterocycles. The Bertz CT molecular complexity index is 783. The highest BCUT2D eigenvalue weighted by atomic mass is 16.5. The lowest BCUT2D eigenvalue weighted by atomic mass is 10.2. The third kappa shape index (κ3) is 3.24. The first-order chi connectivity index (χ1) is 11.1. The minimum atomic E-state index is -0.323. The summed E-state index contributed by atoms with van der Waals surface area (Å²) in [6.07, 6.45) is -0.165. The highest BCUT2D eigenvalue weighted by molar-refractivity contribution is 5.90. The van der Waals surface area contributed by atoms with Gasteiger partial charge in [0.25, 0.3) is 5.56 Å². The number of aromatic nitrogens is 2. The molecule has 0 fully saturated rings. The Morgan fingerprint density at radius 3 is 2.87 bits per heavy atom. The Balaban J connectivity index is 1.72. The summed E-state index contributed by atoms with van der Waals surface area (Å²) >= 11 is 0. The van der Waals surface area contributed by atoms with Crippen LogP contribution in [0.25, 0.3) is 0 Å². The Kier molecular flexibility index (Phi) is 4.12. The molecule has 7 nitrogen and oxygen atoms in total. The molecule has 1 aromatic heterocycles. The van der Waals surface area contributed by atoms with E-state index in [0.29, 0.717) is 23.7 Å². The molecule has 0 bridgehead atoms. The number of carbonyl (C=O) groups excluding carboxylic acids is 1. The number of anilines is 1. The Hall–Kier alpha value is -2.67. The molecule has 0 radical (unpaired) electrons. The van der Waals surface area contributed by atoms with Crippen LogP contribution in [0.3, 0.4) is 0 Å². The van der Waals surface area contributed by atoms with Gasteiger partial charge in [-0.25, -0.2) is 4.68 Å². The number of ether oxygens (including phenoxy) is 2. The van der Waals surface area contributed by atoms with E-state index < -0.39 is 0 Å². The van der Waals surface area contributed by atoms with Gasteiger partial charge in [0, 0.05) is 17.3 Å². The predicted molar refractivity (Wildman–Crippen MR) is 83.3 cm³/mol. The van der Waals surface area contributed by atoms with Crippen molar-refractivity contribution in [1.29, 1.82) is 0 Å². The summed E-state index contributed by atoms with van der Waals surface area (Å²) in [4.78, 5) is 24.1. The molecule has 2 aromatic rings. The largest absolute Gasteiger partial charge is 0.497 e. The fourth-order valence-corrected chi connectivity index (χ4v) is 2.42. The smallest absolute Gasteiger partial charge is 0.267 e. The van der Waals surface area contributed by atoms with Crippen LogP contribution in [-0.2, 0) is 22.7 Å². The molecule has 0 saturated carbocycles. The van der Waals surface area contributed by atoms with Crippen molar-refractivity contribution in [2.75, 3.05) is 12.4 Å². The highest BCUT2D eigenvalue weighted by Crippen LogP contribution is 2.26. The maximum absolute atomic E-state index is 12.1. The molecule has 0 saturated heterocycles. The van der Waals surface area contributed by atoms with E-state index >= 15 is 0 Å². The Morgan fingerprint density at radius 1 is 1.43 bits per heavy atom. The van der Waals surface area contributed by atoms with Crippen molar-refractivity contribution in [1.82, 2.24) is 9.78 Å². The molecule has 0 unspecified atom stereocenters. The lowest BCUT2D eigenvalue weighted by Gasteiger charge is -2.09. The standard InChI is InChI=1S/C16H17N3O4/c1-10-16-11(9-23-10)7-15(21)19(18-16)8-14(20)17-12-3-5-13(22-2)6-4-12/h3-7,10H,8-9H2,1-2H3,(H,17,20)/t10-/m1/s1. The SMILES string of the molecule is COc1ccc(NC(=O)Cn2nc3c(cc2=O)CO[C@@H]3C)cc1. The van der Waals surface area contributed by atoms with E-state index in [9.17, 15) is 9.59 Å². The van der Waals surface area contributed by atoms with Gasteiger partial charge in [0.05, 0.1) is 25.5 Å². The van der Waals surface area contributed by atoms with Crippen LogP contribution in [0.2, 0.25) is 0 Å². The number of nitrogens with one attached hydrogen (secondary N) is 1. The minimum absolute atomic E-state index is 0.148. The average Bonchev–Trinajstić information content (AvgIpc) is 2.89. The third-order valence-corrected chi connectivity index (χ3v) is 3.65. The maximum atomic E-state index is 12.1. The van der Waals surface area contributed by atoms with Gasteiger partial charge in [-0.1, -0.05) is 0 Å². The monoisotopic (exact) mass is 315 g/mol. The second kappa shape index (κ2) is 6.21. The quantitative estimate of drug-likeness (QED) is 0.924. The number of carbonyl (C=O) groups is 1. The van der Waals surface area contributed by atoms with Gasteiger partial charge in [-0.05, 0) is 31.2 Å². The third-order valence-electron chi connectivity index (χ3n) is 3.65. The van der Waals surface area contributed by atoms with Crippen molar-refractivity contribution in [3.05, 3.63) is 51.9 Å². The molecule has 23 heavy (non-hydrogen) atoms. The Morgan fingerprint density at radius 2 is 2.17 bits per heavy atom. The summed E-state index contributed by atoms with van der Waals surface area (Å²) in [5, 5.41) is 6.96. The zero-order valence-corrected chi connectivity index (χ0v) is 12.9. The van der Waals surface area contributed by atoms with Gasteiger partial charge in [-0.2, -0.15) is 5.10 Å². The molecule has 0 spiro atoms. The van der Waals surface area contributed by atoms with Crippen LogP contribution in [0.5, 0.6) is 5.75 Å². The fourth-order valence-electron chi connectivity index (χ4n) is 2.42. The van der Waals surface area contributed by atoms with Crippen molar-refractivity contribution >= 4 is 11.6 Å². The zero-order chi connectivity index (χ0) is 16.4. The number of methoxy groups -OCH3 is 1. The number of hydrogen-bond donors (Lipinski definition) is 1. The fraction of sp³-hybridized carbons (Fsp3) is 0.312. The van der Waals surface area contributed by atoms with Crippen LogP contribution in [-0.4, -0.2) is 22.8 Å². The zero-order valence-electron chi connectivity index (χ0n) is 12.9. The van der Waals surface area contributed by atoms with Gasteiger partial charge >= 0.3 is 0 Å².